The molecule has 0 radical (unpaired) electrons. The van der Waals surface area contributed by atoms with Crippen molar-refractivity contribution in [1.29, 1.82) is 0 Å². The molecule has 2 aromatic carbocycles. The zero-order valence-corrected chi connectivity index (χ0v) is 17.4. The molecule has 0 fully saturated rings. The summed E-state index contributed by atoms with van der Waals surface area (Å²) in [7, 11) is 0. The number of alkyl carbamates (subject to hydrolysis) is 1. The highest BCUT2D eigenvalue weighted by Crippen LogP contribution is 2.44. The largest absolute Gasteiger partial charge is 0.481 e. The Labute approximate surface area is 180 Å². The van der Waals surface area contributed by atoms with Gasteiger partial charge in [0.15, 0.2) is 0 Å². The van der Waals surface area contributed by atoms with E-state index in [1.165, 1.54) is 13.8 Å². The number of fused-ring (bicyclic) bond motifs is 3. The summed E-state index contributed by atoms with van der Waals surface area (Å²) in [4.78, 5) is 35.1. The van der Waals surface area contributed by atoms with Gasteiger partial charge in [-0.15, -0.1) is 0 Å². The Morgan fingerprint density at radius 3 is 2.16 bits per heavy atom. The number of hydrogen-bond donors (Lipinski definition) is 4. The summed E-state index contributed by atoms with van der Waals surface area (Å²) in [5, 5.41) is 23.6. The lowest BCUT2D eigenvalue weighted by atomic mass is 9.98. The van der Waals surface area contributed by atoms with E-state index in [0.717, 1.165) is 22.3 Å². The molecule has 4 N–H and O–H groups in total. The predicted molar refractivity (Wildman–Crippen MR) is 114 cm³/mol. The fourth-order valence-electron chi connectivity index (χ4n) is 3.70. The van der Waals surface area contributed by atoms with Crippen LogP contribution in [0, 0.1) is 0 Å². The van der Waals surface area contributed by atoms with Crippen molar-refractivity contribution in [1.82, 2.24) is 10.6 Å². The van der Waals surface area contributed by atoms with E-state index in [2.05, 4.69) is 10.6 Å². The lowest BCUT2D eigenvalue weighted by Gasteiger charge is -2.23. The average Bonchev–Trinajstić information content (AvgIpc) is 3.03. The Kier molecular flexibility index (Phi) is 6.60. The van der Waals surface area contributed by atoms with E-state index in [4.69, 9.17) is 9.84 Å². The molecule has 3 rings (SSSR count). The van der Waals surface area contributed by atoms with Crippen molar-refractivity contribution in [2.45, 2.75) is 37.8 Å². The number of carbonyl (C=O) groups is 3. The van der Waals surface area contributed by atoms with E-state index >= 15 is 0 Å². The van der Waals surface area contributed by atoms with Gasteiger partial charge in [0.2, 0.25) is 5.91 Å². The molecule has 31 heavy (non-hydrogen) atoms. The third-order valence-electron chi connectivity index (χ3n) is 5.25. The molecule has 2 atom stereocenters. The highest BCUT2D eigenvalue weighted by atomic mass is 16.5. The Morgan fingerprint density at radius 1 is 1.06 bits per heavy atom. The number of amides is 2. The van der Waals surface area contributed by atoms with E-state index in [1.54, 1.807) is 0 Å². The van der Waals surface area contributed by atoms with Gasteiger partial charge in [0.05, 0.1) is 12.0 Å². The van der Waals surface area contributed by atoms with E-state index in [1.807, 2.05) is 48.5 Å². The molecular weight excluding hydrogens is 400 g/mol. The maximum Gasteiger partial charge on any atom is 0.407 e. The zero-order chi connectivity index (χ0) is 22.6. The smallest absolute Gasteiger partial charge is 0.407 e. The molecular formula is C23H26N2O6. The molecule has 1 unspecified atom stereocenters. The second kappa shape index (κ2) is 9.18. The first-order valence-electron chi connectivity index (χ1n) is 10.0. The maximum absolute atomic E-state index is 12.2. The van der Waals surface area contributed by atoms with Crippen molar-refractivity contribution in [3.05, 3.63) is 59.7 Å². The summed E-state index contributed by atoms with van der Waals surface area (Å²) in [6.45, 7) is 2.66. The van der Waals surface area contributed by atoms with Gasteiger partial charge in [0.25, 0.3) is 0 Å². The molecule has 164 valence electrons. The van der Waals surface area contributed by atoms with Gasteiger partial charge in [0, 0.05) is 12.5 Å². The number of nitrogens with one attached hydrogen (secondary N) is 2. The molecule has 8 heteroatoms. The molecule has 0 saturated heterocycles. The summed E-state index contributed by atoms with van der Waals surface area (Å²) in [5.74, 6) is -1.82. The zero-order valence-electron chi connectivity index (χ0n) is 17.4. The molecule has 0 saturated carbocycles. The second-order valence-electron chi connectivity index (χ2n) is 7.98. The first-order valence-corrected chi connectivity index (χ1v) is 10.0. The average molecular weight is 426 g/mol. The molecule has 0 heterocycles. The Bertz CT molecular complexity index is 942. The fourth-order valence-corrected chi connectivity index (χ4v) is 3.70. The topological polar surface area (TPSA) is 125 Å². The number of carbonyl (C=O) groups excluding carboxylic acids is 2. The summed E-state index contributed by atoms with van der Waals surface area (Å²) in [6.07, 6.45) is -1.25. The van der Waals surface area contributed by atoms with Crippen molar-refractivity contribution < 1.29 is 29.3 Å². The van der Waals surface area contributed by atoms with Crippen LogP contribution in [-0.2, 0) is 14.3 Å². The first kappa shape index (κ1) is 22.3. The van der Waals surface area contributed by atoms with Gasteiger partial charge in [0.1, 0.15) is 12.6 Å². The summed E-state index contributed by atoms with van der Waals surface area (Å²) in [6, 6.07) is 15.0. The van der Waals surface area contributed by atoms with E-state index in [-0.39, 0.29) is 19.1 Å². The van der Waals surface area contributed by atoms with Gasteiger partial charge in [-0.2, -0.15) is 0 Å². The third kappa shape index (κ3) is 5.40. The lowest BCUT2D eigenvalue weighted by Crippen LogP contribution is -2.49. The molecule has 0 aromatic heterocycles. The highest BCUT2D eigenvalue weighted by Gasteiger charge is 2.30. The lowest BCUT2D eigenvalue weighted by molar-refractivity contribution is -0.142. The Balaban J connectivity index is 1.53. The van der Waals surface area contributed by atoms with E-state index in [9.17, 15) is 19.5 Å². The summed E-state index contributed by atoms with van der Waals surface area (Å²) >= 11 is 0. The van der Waals surface area contributed by atoms with Crippen molar-refractivity contribution in [2.75, 3.05) is 13.2 Å². The summed E-state index contributed by atoms with van der Waals surface area (Å²) in [5.41, 5.74) is 2.82. The van der Waals surface area contributed by atoms with Crippen LogP contribution in [0.5, 0.6) is 0 Å². The Hall–Kier alpha value is -3.39. The number of rotatable bonds is 8. The number of aliphatic carboxylic acids is 1. The molecule has 0 bridgehead atoms. The van der Waals surface area contributed by atoms with Gasteiger partial charge in [-0.05, 0) is 36.1 Å². The van der Waals surface area contributed by atoms with Gasteiger partial charge in [-0.3, -0.25) is 9.59 Å². The van der Waals surface area contributed by atoms with Crippen LogP contribution in [0.1, 0.15) is 37.3 Å². The van der Waals surface area contributed by atoms with Crippen LogP contribution in [0.15, 0.2) is 48.5 Å². The molecule has 2 aromatic rings. The molecule has 1 aliphatic carbocycles. The molecule has 8 nitrogen and oxygen atoms in total. The molecule has 2 amide bonds. The van der Waals surface area contributed by atoms with Crippen LogP contribution >= 0.6 is 0 Å². The molecule has 0 aliphatic heterocycles. The second-order valence-corrected chi connectivity index (χ2v) is 7.98. The Morgan fingerprint density at radius 2 is 1.61 bits per heavy atom. The van der Waals surface area contributed by atoms with Crippen molar-refractivity contribution in [3.8, 4) is 11.1 Å². The van der Waals surface area contributed by atoms with Gasteiger partial charge in [-0.1, -0.05) is 48.5 Å². The number of carboxylic acids is 1. The van der Waals surface area contributed by atoms with E-state index < -0.39 is 36.0 Å². The fraction of sp³-hybridized carbons (Fsp3) is 0.348. The van der Waals surface area contributed by atoms with Crippen LogP contribution in [0.2, 0.25) is 0 Å². The van der Waals surface area contributed by atoms with Crippen molar-refractivity contribution >= 4 is 18.0 Å². The highest BCUT2D eigenvalue weighted by molar-refractivity contribution is 5.85. The first-order chi connectivity index (χ1) is 14.7. The number of hydrogen-bond acceptors (Lipinski definition) is 5. The van der Waals surface area contributed by atoms with Crippen molar-refractivity contribution in [2.24, 2.45) is 0 Å². The monoisotopic (exact) mass is 426 g/mol. The standard InChI is InChI=1S/C23H26N2O6/c1-14(21(28)24-13-23(2,30)11-20(26)27)25-22(29)31-12-19-17-9-5-3-7-15(17)16-8-4-6-10-18(16)19/h3-10,14,19,30H,11-13H2,1-2H3,(H,24,28)(H,25,29)(H,26,27)/t14-,23?/m1/s1. The minimum Gasteiger partial charge on any atom is -0.481 e. The number of carboxylic acid groups (broad SMARTS) is 1. The van der Waals surface area contributed by atoms with Crippen LogP contribution in [0.4, 0.5) is 4.79 Å². The minimum atomic E-state index is -1.59. The van der Waals surface area contributed by atoms with Crippen LogP contribution in [-0.4, -0.2) is 53.0 Å². The SMILES string of the molecule is C[C@@H](NC(=O)OCC1c2ccccc2-c2ccccc21)C(=O)NCC(C)(O)CC(=O)O. The number of ether oxygens (including phenoxy) is 1. The van der Waals surface area contributed by atoms with Gasteiger partial charge >= 0.3 is 12.1 Å². The maximum atomic E-state index is 12.2. The number of benzene rings is 2. The van der Waals surface area contributed by atoms with Gasteiger partial charge < -0.3 is 25.6 Å². The quantitative estimate of drug-likeness (QED) is 0.513. The normalized spacial score (nSPS) is 15.2. The molecule has 0 spiro atoms. The van der Waals surface area contributed by atoms with Crippen molar-refractivity contribution in [3.63, 3.8) is 0 Å². The van der Waals surface area contributed by atoms with Crippen LogP contribution in [0.25, 0.3) is 11.1 Å². The van der Waals surface area contributed by atoms with Gasteiger partial charge in [-0.25, -0.2) is 4.79 Å². The summed E-state index contributed by atoms with van der Waals surface area (Å²) < 4.78 is 5.40. The van der Waals surface area contributed by atoms with Crippen LogP contribution in [0.3, 0.4) is 0 Å². The third-order valence-corrected chi connectivity index (χ3v) is 5.25. The number of aliphatic hydroxyl groups is 1. The minimum absolute atomic E-state index is 0.0894. The molecule has 1 aliphatic rings. The predicted octanol–water partition coefficient (Wildman–Crippen LogP) is 2.26. The van der Waals surface area contributed by atoms with E-state index in [0.29, 0.717) is 0 Å². The van der Waals surface area contributed by atoms with Crippen LogP contribution < -0.4 is 10.6 Å².